The van der Waals surface area contributed by atoms with Gasteiger partial charge in [0.05, 0.1) is 11.2 Å². The molecule has 2 fully saturated rings. The van der Waals surface area contributed by atoms with Crippen LogP contribution in [0.3, 0.4) is 0 Å². The number of likely N-dealkylation sites (tertiary alicyclic amines) is 1. The van der Waals surface area contributed by atoms with E-state index >= 15 is 0 Å². The van der Waals surface area contributed by atoms with Crippen LogP contribution in [0.1, 0.15) is 34.1 Å². The van der Waals surface area contributed by atoms with Gasteiger partial charge in [-0.3, -0.25) is 4.79 Å². The van der Waals surface area contributed by atoms with E-state index in [1.165, 1.54) is 0 Å². The highest BCUT2D eigenvalue weighted by Crippen LogP contribution is 2.36. The number of halogens is 1. The van der Waals surface area contributed by atoms with Gasteiger partial charge in [-0.1, -0.05) is 11.8 Å². The maximum Gasteiger partial charge on any atom is 0.498 e. The van der Waals surface area contributed by atoms with E-state index in [1.807, 2.05) is 32.6 Å². The maximum atomic E-state index is 11.6. The standard InChI is InChI=1S/C17H25BClN3O3S/c1-16(2)17(3,4)25-18(24-16)13-8-20-15(21-9-13)26-11-12-5-6-22(10-12)14(23)7-19/h8-9,12H,5-7,10-11H2,1-4H3. The van der Waals surface area contributed by atoms with Crippen LogP contribution in [0.15, 0.2) is 17.6 Å². The summed E-state index contributed by atoms with van der Waals surface area (Å²) in [6.45, 7) is 9.66. The van der Waals surface area contributed by atoms with E-state index in [0.717, 1.165) is 35.9 Å². The summed E-state index contributed by atoms with van der Waals surface area (Å²) < 4.78 is 12.0. The Morgan fingerprint density at radius 3 is 2.50 bits per heavy atom. The van der Waals surface area contributed by atoms with Crippen molar-refractivity contribution in [2.75, 3.05) is 24.7 Å². The highest BCUT2D eigenvalue weighted by molar-refractivity contribution is 7.99. The fraction of sp³-hybridized carbons (Fsp3) is 0.706. The number of hydrogen-bond donors (Lipinski definition) is 0. The van der Waals surface area contributed by atoms with Crippen molar-refractivity contribution in [3.05, 3.63) is 12.4 Å². The van der Waals surface area contributed by atoms with Crippen molar-refractivity contribution >= 4 is 41.9 Å². The molecule has 0 bridgehead atoms. The summed E-state index contributed by atoms with van der Waals surface area (Å²) in [5, 5.41) is 0.729. The Hall–Kier alpha value is -0.825. The van der Waals surface area contributed by atoms with E-state index in [0.29, 0.717) is 5.92 Å². The summed E-state index contributed by atoms with van der Waals surface area (Å²) >= 11 is 7.23. The Kier molecular flexibility index (Phi) is 5.87. The zero-order chi connectivity index (χ0) is 18.9. The van der Waals surface area contributed by atoms with Crippen molar-refractivity contribution in [3.8, 4) is 0 Å². The van der Waals surface area contributed by atoms with Crippen molar-refractivity contribution in [2.24, 2.45) is 5.92 Å². The Morgan fingerprint density at radius 2 is 1.92 bits per heavy atom. The summed E-state index contributed by atoms with van der Waals surface area (Å²) in [7, 11) is -0.441. The normalized spacial score (nSPS) is 24.3. The lowest BCUT2D eigenvalue weighted by Crippen LogP contribution is -2.41. The highest BCUT2D eigenvalue weighted by atomic mass is 35.5. The summed E-state index contributed by atoms with van der Waals surface area (Å²) in [5.41, 5.74) is 0.0764. The lowest BCUT2D eigenvalue weighted by molar-refractivity contribution is -0.127. The summed E-state index contributed by atoms with van der Waals surface area (Å²) in [6.07, 6.45) is 4.55. The molecule has 0 spiro atoms. The Balaban J connectivity index is 1.52. The molecule has 6 nitrogen and oxygen atoms in total. The molecular weight excluding hydrogens is 373 g/mol. The molecule has 3 rings (SSSR count). The van der Waals surface area contributed by atoms with Crippen molar-refractivity contribution in [1.82, 2.24) is 14.9 Å². The molecule has 142 valence electrons. The Bertz CT molecular complexity index is 643. The third-order valence-corrected chi connectivity index (χ3v) is 6.71. The first-order chi connectivity index (χ1) is 12.2. The van der Waals surface area contributed by atoms with Crippen LogP contribution in [0.25, 0.3) is 0 Å². The molecule has 1 unspecified atom stereocenters. The van der Waals surface area contributed by atoms with Gasteiger partial charge in [0.25, 0.3) is 0 Å². The molecule has 0 saturated carbocycles. The quantitative estimate of drug-likeness (QED) is 0.327. The molecule has 26 heavy (non-hydrogen) atoms. The molecule has 2 aliphatic rings. The Morgan fingerprint density at radius 1 is 1.31 bits per heavy atom. The number of carbonyl (C=O) groups is 1. The molecule has 1 atom stereocenters. The molecule has 0 aromatic carbocycles. The molecule has 0 N–H and O–H groups in total. The van der Waals surface area contributed by atoms with Crippen molar-refractivity contribution in [2.45, 2.75) is 50.5 Å². The number of nitrogens with zero attached hydrogens (tertiary/aromatic N) is 3. The first-order valence-corrected chi connectivity index (χ1v) is 10.4. The molecular formula is C17H25BClN3O3S. The number of aromatic nitrogens is 2. The van der Waals surface area contributed by atoms with Gasteiger partial charge in [-0.2, -0.15) is 0 Å². The van der Waals surface area contributed by atoms with Crippen LogP contribution in [-0.2, 0) is 14.1 Å². The molecule has 9 heteroatoms. The molecule has 0 aliphatic carbocycles. The number of alkyl halides is 1. The highest BCUT2D eigenvalue weighted by Gasteiger charge is 2.51. The average molecular weight is 398 g/mol. The van der Waals surface area contributed by atoms with Crippen LogP contribution in [-0.4, -0.2) is 63.8 Å². The minimum Gasteiger partial charge on any atom is -0.399 e. The number of carbonyl (C=O) groups excluding carboxylic acids is 1. The number of hydrogen-bond acceptors (Lipinski definition) is 6. The summed E-state index contributed by atoms with van der Waals surface area (Å²) in [6, 6.07) is 0. The zero-order valence-corrected chi connectivity index (χ0v) is 17.3. The van der Waals surface area contributed by atoms with Gasteiger partial charge in [-0.25, -0.2) is 9.97 Å². The number of rotatable bonds is 5. The summed E-state index contributed by atoms with van der Waals surface area (Å²) in [5.74, 6) is 1.42. The van der Waals surface area contributed by atoms with E-state index in [4.69, 9.17) is 20.9 Å². The van der Waals surface area contributed by atoms with Crippen molar-refractivity contribution < 1.29 is 14.1 Å². The SMILES string of the molecule is CC1(C)OB(c2cnc(SCC3CCN(C(=O)CCl)C3)nc2)OC1(C)C. The predicted octanol–water partition coefficient (Wildman–Crippen LogP) is 1.96. The third kappa shape index (κ3) is 4.19. The van der Waals surface area contributed by atoms with E-state index in [9.17, 15) is 4.79 Å². The van der Waals surface area contributed by atoms with Gasteiger partial charge in [0.2, 0.25) is 5.91 Å². The molecule has 2 saturated heterocycles. The molecule has 1 aromatic rings. The smallest absolute Gasteiger partial charge is 0.399 e. The monoisotopic (exact) mass is 397 g/mol. The number of amides is 1. The largest absolute Gasteiger partial charge is 0.498 e. The van der Waals surface area contributed by atoms with Gasteiger partial charge < -0.3 is 14.2 Å². The lowest BCUT2D eigenvalue weighted by Gasteiger charge is -2.32. The van der Waals surface area contributed by atoms with E-state index in [2.05, 4.69) is 9.97 Å². The van der Waals surface area contributed by atoms with Gasteiger partial charge >= 0.3 is 7.12 Å². The van der Waals surface area contributed by atoms with Gasteiger partial charge in [0.15, 0.2) is 5.16 Å². The third-order valence-electron chi connectivity index (χ3n) is 5.37. The summed E-state index contributed by atoms with van der Waals surface area (Å²) in [4.78, 5) is 22.3. The molecule has 0 radical (unpaired) electrons. The van der Waals surface area contributed by atoms with Gasteiger partial charge in [-0.15, -0.1) is 11.6 Å². The fourth-order valence-corrected chi connectivity index (χ4v) is 4.05. The first kappa shape index (κ1) is 19.9. The van der Waals surface area contributed by atoms with Crippen molar-refractivity contribution in [3.63, 3.8) is 0 Å². The van der Waals surface area contributed by atoms with Crippen LogP contribution in [0.5, 0.6) is 0 Å². The average Bonchev–Trinajstić information content (AvgIpc) is 3.15. The zero-order valence-electron chi connectivity index (χ0n) is 15.7. The minimum absolute atomic E-state index is 0.0159. The predicted molar refractivity (Wildman–Crippen MR) is 104 cm³/mol. The van der Waals surface area contributed by atoms with Crippen LogP contribution < -0.4 is 5.46 Å². The van der Waals surface area contributed by atoms with Gasteiger partial charge in [-0.05, 0) is 40.0 Å². The van der Waals surface area contributed by atoms with E-state index < -0.39 is 7.12 Å². The Labute approximate surface area is 164 Å². The van der Waals surface area contributed by atoms with Crippen LogP contribution in [0.2, 0.25) is 0 Å². The minimum atomic E-state index is -0.441. The molecule has 2 aliphatic heterocycles. The van der Waals surface area contributed by atoms with Gasteiger partial charge in [0.1, 0.15) is 5.88 Å². The van der Waals surface area contributed by atoms with E-state index in [1.54, 1.807) is 24.2 Å². The molecule has 1 aromatic heterocycles. The molecule has 1 amide bonds. The maximum absolute atomic E-state index is 11.6. The molecule has 3 heterocycles. The van der Waals surface area contributed by atoms with Crippen LogP contribution in [0, 0.1) is 5.92 Å². The van der Waals surface area contributed by atoms with Crippen LogP contribution >= 0.6 is 23.4 Å². The van der Waals surface area contributed by atoms with E-state index in [-0.39, 0.29) is 23.0 Å². The second kappa shape index (κ2) is 7.66. The lowest BCUT2D eigenvalue weighted by atomic mass is 9.81. The number of thioether (sulfide) groups is 1. The topological polar surface area (TPSA) is 64.5 Å². The second-order valence-corrected chi connectivity index (χ2v) is 9.08. The second-order valence-electron chi connectivity index (χ2n) is 7.83. The van der Waals surface area contributed by atoms with Crippen molar-refractivity contribution in [1.29, 1.82) is 0 Å². The first-order valence-electron chi connectivity index (χ1n) is 8.86. The van der Waals surface area contributed by atoms with Gasteiger partial charge in [0, 0.05) is 36.7 Å². The fourth-order valence-electron chi connectivity index (χ4n) is 2.97. The van der Waals surface area contributed by atoms with Crippen LogP contribution in [0.4, 0.5) is 0 Å².